The number of fused-ring (bicyclic) bond motifs is 1. The van der Waals surface area contributed by atoms with Crippen molar-refractivity contribution in [1.29, 1.82) is 0 Å². The average molecular weight is 434 g/mol. The molecule has 0 saturated carbocycles. The lowest BCUT2D eigenvalue weighted by Crippen LogP contribution is -2.23. The average Bonchev–Trinajstić information content (AvgIpc) is 3.41. The van der Waals surface area contributed by atoms with E-state index in [0.717, 1.165) is 22.2 Å². The van der Waals surface area contributed by atoms with E-state index < -0.39 is 12.3 Å². The van der Waals surface area contributed by atoms with Crippen molar-refractivity contribution in [2.75, 3.05) is 0 Å². The molecule has 10 heteroatoms. The van der Waals surface area contributed by atoms with Crippen LogP contribution in [0.15, 0.2) is 70.3 Å². The first-order chi connectivity index (χ1) is 15.5. The van der Waals surface area contributed by atoms with Crippen LogP contribution < -0.4 is 5.69 Å². The van der Waals surface area contributed by atoms with Crippen molar-refractivity contribution >= 4 is 11.0 Å². The third kappa shape index (κ3) is 3.45. The molecule has 0 N–H and O–H groups in total. The van der Waals surface area contributed by atoms with Gasteiger partial charge in [0.2, 0.25) is 5.89 Å². The third-order valence-corrected chi connectivity index (χ3v) is 5.16. The Balaban J connectivity index is 1.46. The quantitative estimate of drug-likeness (QED) is 0.418. The van der Waals surface area contributed by atoms with Crippen LogP contribution in [0, 0.1) is 0 Å². The normalized spacial score (nSPS) is 11.5. The van der Waals surface area contributed by atoms with E-state index >= 15 is 0 Å². The standard InChI is InChI=1S/C22H16F2N6O2/c1-29-18-9-13(14-3-2-8-25-10-14)5-7-17(18)30(22(29)31)12-16-6-4-15(11-26-16)20-27-28-21(32-20)19(23)24/h2-11,19H,12H2,1H3. The third-order valence-electron chi connectivity index (χ3n) is 5.16. The highest BCUT2D eigenvalue weighted by molar-refractivity contribution is 5.82. The maximum atomic E-state index is 12.9. The number of alkyl halides is 2. The highest BCUT2D eigenvalue weighted by Gasteiger charge is 2.17. The summed E-state index contributed by atoms with van der Waals surface area (Å²) in [5, 5.41) is 6.93. The molecule has 5 rings (SSSR count). The fourth-order valence-corrected chi connectivity index (χ4v) is 3.52. The first-order valence-corrected chi connectivity index (χ1v) is 9.68. The number of aromatic nitrogens is 6. The van der Waals surface area contributed by atoms with Gasteiger partial charge >= 0.3 is 12.1 Å². The summed E-state index contributed by atoms with van der Waals surface area (Å²) in [7, 11) is 1.72. The van der Waals surface area contributed by atoms with E-state index in [9.17, 15) is 13.6 Å². The van der Waals surface area contributed by atoms with Crippen molar-refractivity contribution in [2.45, 2.75) is 13.0 Å². The monoisotopic (exact) mass is 434 g/mol. The molecule has 8 nitrogen and oxygen atoms in total. The zero-order valence-electron chi connectivity index (χ0n) is 16.8. The van der Waals surface area contributed by atoms with Crippen molar-refractivity contribution in [2.24, 2.45) is 7.05 Å². The number of aryl methyl sites for hydroxylation is 1. The zero-order valence-corrected chi connectivity index (χ0v) is 16.8. The smallest absolute Gasteiger partial charge is 0.329 e. The molecule has 0 amide bonds. The first kappa shape index (κ1) is 19.7. The van der Waals surface area contributed by atoms with Gasteiger partial charge in [-0.05, 0) is 35.9 Å². The molecule has 0 aliphatic heterocycles. The Hall–Kier alpha value is -4.21. The second kappa shape index (κ2) is 7.80. The van der Waals surface area contributed by atoms with Crippen LogP contribution in [-0.4, -0.2) is 29.3 Å². The second-order valence-electron chi connectivity index (χ2n) is 7.16. The Morgan fingerprint density at radius 1 is 1.00 bits per heavy atom. The van der Waals surface area contributed by atoms with E-state index in [0.29, 0.717) is 11.3 Å². The van der Waals surface area contributed by atoms with Crippen molar-refractivity contribution < 1.29 is 13.2 Å². The topological polar surface area (TPSA) is 91.6 Å². The predicted molar refractivity (Wildman–Crippen MR) is 112 cm³/mol. The Kier molecular flexibility index (Phi) is 4.81. The van der Waals surface area contributed by atoms with Crippen LogP contribution >= 0.6 is 0 Å². The van der Waals surface area contributed by atoms with Crippen molar-refractivity contribution in [3.05, 3.63) is 83.1 Å². The Morgan fingerprint density at radius 2 is 1.84 bits per heavy atom. The van der Waals surface area contributed by atoms with Gasteiger partial charge in [-0.3, -0.25) is 19.1 Å². The summed E-state index contributed by atoms with van der Waals surface area (Å²) in [5.41, 5.74) is 4.35. The van der Waals surface area contributed by atoms with Gasteiger partial charge in [-0.25, -0.2) is 4.79 Å². The number of halogens is 2. The van der Waals surface area contributed by atoms with Crippen LogP contribution in [0.1, 0.15) is 18.0 Å². The van der Waals surface area contributed by atoms with E-state index in [1.54, 1.807) is 40.7 Å². The molecular weight excluding hydrogens is 418 g/mol. The van der Waals surface area contributed by atoms with Crippen molar-refractivity contribution in [3.63, 3.8) is 0 Å². The molecule has 4 aromatic heterocycles. The summed E-state index contributed by atoms with van der Waals surface area (Å²) in [5.74, 6) is -0.776. The van der Waals surface area contributed by atoms with Gasteiger partial charge in [0.25, 0.3) is 5.89 Å². The molecule has 0 unspecified atom stereocenters. The second-order valence-corrected chi connectivity index (χ2v) is 7.16. The highest BCUT2D eigenvalue weighted by atomic mass is 19.3. The summed E-state index contributed by atoms with van der Waals surface area (Å²) in [6.45, 7) is 0.245. The number of rotatable bonds is 5. The van der Waals surface area contributed by atoms with Gasteiger partial charge in [0.05, 0.1) is 28.8 Å². The molecule has 32 heavy (non-hydrogen) atoms. The Bertz CT molecular complexity index is 1460. The number of hydrogen-bond acceptors (Lipinski definition) is 6. The fraction of sp³-hybridized carbons (Fsp3) is 0.136. The lowest BCUT2D eigenvalue weighted by atomic mass is 10.1. The number of imidazole rings is 1. The first-order valence-electron chi connectivity index (χ1n) is 9.68. The van der Waals surface area contributed by atoms with E-state index in [1.165, 1.54) is 6.20 Å². The summed E-state index contributed by atoms with van der Waals surface area (Å²) >= 11 is 0. The maximum absolute atomic E-state index is 12.9. The molecule has 0 saturated heterocycles. The van der Waals surface area contributed by atoms with E-state index in [-0.39, 0.29) is 18.1 Å². The summed E-state index contributed by atoms with van der Waals surface area (Å²) in [6, 6.07) is 13.0. The van der Waals surface area contributed by atoms with Gasteiger partial charge in [-0.2, -0.15) is 8.78 Å². The predicted octanol–water partition coefficient (Wildman–Crippen LogP) is 3.83. The van der Waals surface area contributed by atoms with Crippen LogP contribution in [0.3, 0.4) is 0 Å². The van der Waals surface area contributed by atoms with Crippen molar-refractivity contribution in [1.82, 2.24) is 29.3 Å². The molecule has 0 aliphatic carbocycles. The number of hydrogen-bond donors (Lipinski definition) is 0. The minimum Gasteiger partial charge on any atom is -0.415 e. The number of nitrogens with zero attached hydrogens (tertiary/aromatic N) is 6. The summed E-state index contributed by atoms with van der Waals surface area (Å²) in [6.07, 6.45) is 2.10. The number of pyridine rings is 2. The summed E-state index contributed by atoms with van der Waals surface area (Å²) in [4.78, 5) is 21.4. The van der Waals surface area contributed by atoms with Gasteiger partial charge in [0.15, 0.2) is 0 Å². The van der Waals surface area contributed by atoms with Crippen LogP contribution in [0.2, 0.25) is 0 Å². The Morgan fingerprint density at radius 3 is 2.53 bits per heavy atom. The molecule has 0 spiro atoms. The molecule has 160 valence electrons. The zero-order chi connectivity index (χ0) is 22.2. The molecule has 5 aromatic rings. The van der Waals surface area contributed by atoms with Crippen molar-refractivity contribution in [3.8, 4) is 22.6 Å². The molecule has 1 aromatic carbocycles. The molecular formula is C22H16F2N6O2. The van der Waals surface area contributed by atoms with Crippen LogP contribution in [0.25, 0.3) is 33.6 Å². The lowest BCUT2D eigenvalue weighted by molar-refractivity contribution is 0.116. The molecule has 0 atom stereocenters. The van der Waals surface area contributed by atoms with Gasteiger partial charge in [-0.1, -0.05) is 12.1 Å². The van der Waals surface area contributed by atoms with E-state index in [4.69, 9.17) is 4.42 Å². The SMILES string of the molecule is Cn1c(=O)n(Cc2ccc(-c3nnc(C(F)F)o3)cn2)c2ccc(-c3cccnc3)cc21. The molecule has 0 radical (unpaired) electrons. The Labute approximate surface area is 179 Å². The minimum absolute atomic E-state index is 0.0374. The summed E-state index contributed by atoms with van der Waals surface area (Å²) < 4.78 is 33.4. The van der Waals surface area contributed by atoms with E-state index in [2.05, 4.69) is 20.2 Å². The van der Waals surface area contributed by atoms with E-state index in [1.807, 2.05) is 30.3 Å². The van der Waals surface area contributed by atoms with Gasteiger partial charge < -0.3 is 4.42 Å². The highest BCUT2D eigenvalue weighted by Crippen LogP contribution is 2.25. The van der Waals surface area contributed by atoms with Gasteiger partial charge in [-0.15, -0.1) is 10.2 Å². The van der Waals surface area contributed by atoms with Gasteiger partial charge in [0.1, 0.15) is 0 Å². The van der Waals surface area contributed by atoms with Crippen LogP contribution in [0.5, 0.6) is 0 Å². The molecule has 0 fully saturated rings. The lowest BCUT2D eigenvalue weighted by Gasteiger charge is -2.05. The van der Waals surface area contributed by atoms with Gasteiger partial charge in [0, 0.05) is 31.2 Å². The molecule has 0 bridgehead atoms. The largest absolute Gasteiger partial charge is 0.415 e. The molecule has 0 aliphatic rings. The fourth-order valence-electron chi connectivity index (χ4n) is 3.52. The van der Waals surface area contributed by atoms with Crippen LogP contribution in [0.4, 0.5) is 8.78 Å². The maximum Gasteiger partial charge on any atom is 0.329 e. The number of benzene rings is 1. The minimum atomic E-state index is -2.83. The van der Waals surface area contributed by atoms with Crippen LogP contribution in [-0.2, 0) is 13.6 Å². The molecule has 4 heterocycles.